The Kier molecular flexibility index (Phi) is 6.52. The van der Waals surface area contributed by atoms with Crippen LogP contribution in [0, 0.1) is 6.92 Å². The number of hydrogen-bond acceptors (Lipinski definition) is 4. The fraction of sp³-hybridized carbons (Fsp3) is 0.545. The van der Waals surface area contributed by atoms with Crippen molar-refractivity contribution in [2.45, 2.75) is 33.7 Å². The summed E-state index contributed by atoms with van der Waals surface area (Å²) in [6, 6.07) is 7.76. The Morgan fingerprint density at radius 2 is 1.75 bits per heavy atom. The first-order valence-electron chi connectivity index (χ1n) is 10.3. The number of rotatable bonds is 7. The van der Waals surface area contributed by atoms with Crippen LogP contribution in [0.15, 0.2) is 24.3 Å². The summed E-state index contributed by atoms with van der Waals surface area (Å²) in [7, 11) is 0. The molecule has 152 valence electrons. The summed E-state index contributed by atoms with van der Waals surface area (Å²) in [5.74, 6) is 0.340. The maximum Gasteiger partial charge on any atom is 0.236 e. The molecule has 0 spiro atoms. The average molecular weight is 385 g/mol. The number of nitrogens with zero attached hydrogens (tertiary/aromatic N) is 3. The molecule has 1 aromatic heterocycles. The van der Waals surface area contributed by atoms with E-state index in [9.17, 15) is 9.59 Å². The van der Waals surface area contributed by atoms with E-state index in [1.54, 1.807) is 0 Å². The van der Waals surface area contributed by atoms with Crippen LogP contribution in [-0.2, 0) is 4.79 Å². The third-order valence-electron chi connectivity index (χ3n) is 5.99. The number of hydrogen-bond donors (Lipinski definition) is 1. The molecule has 6 nitrogen and oxygen atoms in total. The van der Waals surface area contributed by atoms with Gasteiger partial charge >= 0.3 is 0 Å². The SMILES string of the molecule is CCN(CC)CC(=O)N1CCN(C(C)C(=O)c2c(C)[nH]c3ccccc23)CC1. The molecule has 6 heteroatoms. The van der Waals surface area contributed by atoms with Crippen molar-refractivity contribution >= 4 is 22.6 Å². The number of carbonyl (C=O) groups is 2. The molecule has 1 saturated heterocycles. The first-order valence-corrected chi connectivity index (χ1v) is 10.3. The molecule has 1 unspecified atom stereocenters. The van der Waals surface area contributed by atoms with Crippen LogP contribution in [0.5, 0.6) is 0 Å². The van der Waals surface area contributed by atoms with Crippen LogP contribution in [0.2, 0.25) is 0 Å². The highest BCUT2D eigenvalue weighted by molar-refractivity contribution is 6.11. The summed E-state index contributed by atoms with van der Waals surface area (Å²) in [5, 5.41) is 0.991. The van der Waals surface area contributed by atoms with Gasteiger partial charge in [0.1, 0.15) is 0 Å². The van der Waals surface area contributed by atoms with E-state index in [1.165, 1.54) is 0 Å². The number of piperazine rings is 1. The molecule has 1 atom stereocenters. The van der Waals surface area contributed by atoms with Gasteiger partial charge in [-0.1, -0.05) is 32.0 Å². The van der Waals surface area contributed by atoms with E-state index in [4.69, 9.17) is 0 Å². The lowest BCUT2D eigenvalue weighted by Crippen LogP contribution is -2.54. The van der Waals surface area contributed by atoms with E-state index in [2.05, 4.69) is 28.6 Å². The Labute approximate surface area is 167 Å². The predicted octanol–water partition coefficient (Wildman–Crippen LogP) is 2.53. The topological polar surface area (TPSA) is 59.7 Å². The van der Waals surface area contributed by atoms with Gasteiger partial charge in [-0.2, -0.15) is 0 Å². The van der Waals surface area contributed by atoms with Gasteiger partial charge in [-0.3, -0.25) is 19.4 Å². The van der Waals surface area contributed by atoms with Crippen LogP contribution < -0.4 is 0 Å². The van der Waals surface area contributed by atoms with E-state index in [0.29, 0.717) is 19.6 Å². The van der Waals surface area contributed by atoms with Gasteiger partial charge in [0.05, 0.1) is 12.6 Å². The van der Waals surface area contributed by atoms with Crippen molar-refractivity contribution in [3.05, 3.63) is 35.5 Å². The second-order valence-electron chi connectivity index (χ2n) is 7.59. The minimum atomic E-state index is -0.196. The predicted molar refractivity (Wildman–Crippen MR) is 113 cm³/mol. The minimum Gasteiger partial charge on any atom is -0.358 e. The molecule has 2 heterocycles. The van der Waals surface area contributed by atoms with Crippen molar-refractivity contribution in [2.24, 2.45) is 0 Å². The number of likely N-dealkylation sites (N-methyl/N-ethyl adjacent to an activating group) is 1. The van der Waals surface area contributed by atoms with Gasteiger partial charge in [-0.15, -0.1) is 0 Å². The lowest BCUT2D eigenvalue weighted by molar-refractivity contribution is -0.134. The lowest BCUT2D eigenvalue weighted by atomic mass is 10.0. The van der Waals surface area contributed by atoms with Gasteiger partial charge in [0.2, 0.25) is 5.91 Å². The Balaban J connectivity index is 1.63. The van der Waals surface area contributed by atoms with Gasteiger partial charge in [-0.05, 0) is 33.0 Å². The molecule has 0 aliphatic carbocycles. The number of amides is 1. The number of para-hydroxylation sites is 1. The fourth-order valence-electron chi connectivity index (χ4n) is 4.07. The van der Waals surface area contributed by atoms with Crippen molar-refractivity contribution in [3.63, 3.8) is 0 Å². The number of aromatic nitrogens is 1. The van der Waals surface area contributed by atoms with Crippen molar-refractivity contribution in [1.82, 2.24) is 19.7 Å². The highest BCUT2D eigenvalue weighted by atomic mass is 16.2. The third-order valence-corrected chi connectivity index (χ3v) is 5.99. The van der Waals surface area contributed by atoms with E-state index in [1.807, 2.05) is 43.0 Å². The summed E-state index contributed by atoms with van der Waals surface area (Å²) in [5.41, 5.74) is 2.72. The van der Waals surface area contributed by atoms with Crippen LogP contribution in [0.3, 0.4) is 0 Å². The van der Waals surface area contributed by atoms with E-state index >= 15 is 0 Å². The Bertz CT molecular complexity index is 832. The standard InChI is InChI=1S/C22H32N4O2/c1-5-24(6-2)15-20(27)26-13-11-25(12-14-26)17(4)22(28)21-16(3)23-19-10-8-7-9-18(19)21/h7-10,17,23H,5-6,11-15H2,1-4H3. The van der Waals surface area contributed by atoms with Gasteiger partial charge < -0.3 is 9.88 Å². The first kappa shape index (κ1) is 20.6. The van der Waals surface area contributed by atoms with Crippen molar-refractivity contribution < 1.29 is 9.59 Å². The molecule has 1 aliphatic heterocycles. The normalized spacial score (nSPS) is 16.7. The molecule has 28 heavy (non-hydrogen) atoms. The number of carbonyl (C=O) groups excluding carboxylic acids is 2. The molecule has 0 radical (unpaired) electrons. The van der Waals surface area contributed by atoms with Crippen molar-refractivity contribution in [3.8, 4) is 0 Å². The lowest BCUT2D eigenvalue weighted by Gasteiger charge is -2.38. The summed E-state index contributed by atoms with van der Waals surface area (Å²) >= 11 is 0. The number of aryl methyl sites for hydroxylation is 1. The molecule has 0 bridgehead atoms. The average Bonchev–Trinajstić information content (AvgIpc) is 3.06. The number of fused-ring (bicyclic) bond motifs is 1. The van der Waals surface area contributed by atoms with Crippen molar-refractivity contribution in [1.29, 1.82) is 0 Å². The molecular weight excluding hydrogens is 352 g/mol. The maximum atomic E-state index is 13.2. The number of H-pyrrole nitrogens is 1. The number of ketones is 1. The summed E-state index contributed by atoms with van der Waals surface area (Å²) in [4.78, 5) is 35.3. The second-order valence-corrected chi connectivity index (χ2v) is 7.59. The monoisotopic (exact) mass is 384 g/mol. The molecule has 1 amide bonds. The zero-order chi connectivity index (χ0) is 20.3. The van der Waals surface area contributed by atoms with Crippen LogP contribution in [-0.4, -0.2) is 83.2 Å². The molecule has 2 aromatic rings. The van der Waals surface area contributed by atoms with Gasteiger partial charge in [-0.25, -0.2) is 0 Å². The zero-order valence-corrected chi connectivity index (χ0v) is 17.5. The van der Waals surface area contributed by atoms with Gasteiger partial charge in [0.15, 0.2) is 5.78 Å². The highest BCUT2D eigenvalue weighted by Gasteiger charge is 2.30. The number of Topliss-reactive ketones (excluding diaryl/α,β-unsaturated/α-hetero) is 1. The molecular formula is C22H32N4O2. The minimum absolute atomic E-state index is 0.151. The smallest absolute Gasteiger partial charge is 0.236 e. The molecule has 0 saturated carbocycles. The zero-order valence-electron chi connectivity index (χ0n) is 17.5. The Hall–Kier alpha value is -2.18. The number of nitrogens with one attached hydrogen (secondary N) is 1. The third kappa shape index (κ3) is 4.13. The second kappa shape index (κ2) is 8.88. The summed E-state index contributed by atoms with van der Waals surface area (Å²) in [6.45, 7) is 13.2. The molecule has 1 aromatic carbocycles. The fourth-order valence-corrected chi connectivity index (χ4v) is 4.07. The van der Waals surface area contributed by atoms with Crippen LogP contribution in [0.4, 0.5) is 0 Å². The Morgan fingerprint density at radius 3 is 2.39 bits per heavy atom. The van der Waals surface area contributed by atoms with Crippen molar-refractivity contribution in [2.75, 3.05) is 45.8 Å². The Morgan fingerprint density at radius 1 is 1.11 bits per heavy atom. The quantitative estimate of drug-likeness (QED) is 0.746. The van der Waals surface area contributed by atoms with Crippen LogP contribution >= 0.6 is 0 Å². The van der Waals surface area contributed by atoms with Gasteiger partial charge in [0, 0.05) is 48.3 Å². The van der Waals surface area contributed by atoms with Gasteiger partial charge in [0.25, 0.3) is 0 Å². The largest absolute Gasteiger partial charge is 0.358 e. The number of aromatic amines is 1. The van der Waals surface area contributed by atoms with E-state index in [-0.39, 0.29) is 17.7 Å². The summed E-state index contributed by atoms with van der Waals surface area (Å²) < 4.78 is 0. The first-order chi connectivity index (χ1) is 13.5. The number of benzene rings is 1. The van der Waals surface area contributed by atoms with E-state index < -0.39 is 0 Å². The molecule has 3 rings (SSSR count). The summed E-state index contributed by atoms with van der Waals surface area (Å²) in [6.07, 6.45) is 0. The highest BCUT2D eigenvalue weighted by Crippen LogP contribution is 2.24. The maximum absolute atomic E-state index is 13.2. The van der Waals surface area contributed by atoms with Crippen LogP contribution in [0.25, 0.3) is 10.9 Å². The van der Waals surface area contributed by atoms with E-state index in [0.717, 1.165) is 48.3 Å². The molecule has 1 aliphatic rings. The molecule has 1 fully saturated rings. The molecule has 1 N–H and O–H groups in total. The van der Waals surface area contributed by atoms with Crippen LogP contribution in [0.1, 0.15) is 36.8 Å².